The SMILES string of the molecule is C#C.CC.CC(C)C1CC(O)C[C@@H](C(=O)O)O1. The van der Waals surface area contributed by atoms with Crippen molar-refractivity contribution in [1.29, 1.82) is 0 Å². The van der Waals surface area contributed by atoms with Crippen LogP contribution in [0.3, 0.4) is 0 Å². The lowest BCUT2D eigenvalue weighted by atomic mass is 9.94. The van der Waals surface area contributed by atoms with Crippen LogP contribution < -0.4 is 0 Å². The molecule has 2 N–H and O–H groups in total. The van der Waals surface area contributed by atoms with Crippen LogP contribution in [0.15, 0.2) is 0 Å². The van der Waals surface area contributed by atoms with Crippen LogP contribution in [0.4, 0.5) is 0 Å². The molecule has 0 radical (unpaired) electrons. The van der Waals surface area contributed by atoms with Gasteiger partial charge in [-0.2, -0.15) is 0 Å². The van der Waals surface area contributed by atoms with E-state index in [1.165, 1.54) is 0 Å². The van der Waals surface area contributed by atoms with Gasteiger partial charge < -0.3 is 14.9 Å². The maximum Gasteiger partial charge on any atom is 0.332 e. The number of hydrogen-bond acceptors (Lipinski definition) is 3. The van der Waals surface area contributed by atoms with E-state index in [2.05, 4.69) is 12.8 Å². The predicted octanol–water partition coefficient (Wildman–Crippen LogP) is 1.91. The third-order valence-electron chi connectivity index (χ3n) is 2.35. The molecule has 4 nitrogen and oxygen atoms in total. The van der Waals surface area contributed by atoms with Crippen LogP contribution in [-0.4, -0.2) is 34.5 Å². The monoisotopic (exact) mass is 244 g/mol. The van der Waals surface area contributed by atoms with Crippen LogP contribution in [-0.2, 0) is 9.53 Å². The van der Waals surface area contributed by atoms with Gasteiger partial charge in [-0.3, -0.25) is 0 Å². The Morgan fingerprint density at radius 2 is 1.76 bits per heavy atom. The number of carbonyl (C=O) groups is 1. The third-order valence-corrected chi connectivity index (χ3v) is 2.35. The van der Waals surface area contributed by atoms with Crippen molar-refractivity contribution in [3.8, 4) is 12.8 Å². The second kappa shape index (κ2) is 10.1. The normalized spacial score (nSPS) is 27.2. The van der Waals surface area contributed by atoms with E-state index in [0.717, 1.165) is 0 Å². The molecule has 1 aliphatic rings. The van der Waals surface area contributed by atoms with Crippen molar-refractivity contribution in [1.82, 2.24) is 0 Å². The Labute approximate surface area is 104 Å². The second-order valence-corrected chi connectivity index (χ2v) is 3.87. The highest BCUT2D eigenvalue weighted by molar-refractivity contribution is 5.72. The fourth-order valence-electron chi connectivity index (χ4n) is 1.52. The van der Waals surface area contributed by atoms with Gasteiger partial charge in [0.15, 0.2) is 6.10 Å². The van der Waals surface area contributed by atoms with Gasteiger partial charge in [-0.15, -0.1) is 12.8 Å². The van der Waals surface area contributed by atoms with E-state index in [4.69, 9.17) is 9.84 Å². The first-order valence-electron chi connectivity index (χ1n) is 5.90. The summed E-state index contributed by atoms with van der Waals surface area (Å²) in [6, 6.07) is 0. The fourth-order valence-corrected chi connectivity index (χ4v) is 1.52. The number of hydrogen-bond donors (Lipinski definition) is 2. The maximum absolute atomic E-state index is 10.6. The largest absolute Gasteiger partial charge is 0.479 e. The second-order valence-electron chi connectivity index (χ2n) is 3.87. The van der Waals surface area contributed by atoms with Crippen LogP contribution in [0.1, 0.15) is 40.5 Å². The van der Waals surface area contributed by atoms with Crippen LogP contribution in [0.5, 0.6) is 0 Å². The van der Waals surface area contributed by atoms with Gasteiger partial charge >= 0.3 is 5.97 Å². The molecule has 1 aliphatic heterocycles. The standard InChI is InChI=1S/C9H16O4.C2H6.C2H2/c1-5(2)7-3-6(10)4-8(13-7)9(11)12;2*1-2/h5-8,10H,3-4H2,1-2H3,(H,11,12);1-2H3;1-2H/t6?,7?,8-;;/m0../s1. The van der Waals surface area contributed by atoms with E-state index >= 15 is 0 Å². The Morgan fingerprint density at radius 1 is 1.29 bits per heavy atom. The highest BCUT2D eigenvalue weighted by atomic mass is 16.5. The summed E-state index contributed by atoms with van der Waals surface area (Å²) in [7, 11) is 0. The number of carboxylic acids is 1. The molecule has 0 aliphatic carbocycles. The molecule has 100 valence electrons. The molecule has 0 aromatic heterocycles. The number of ether oxygens (including phenoxy) is 1. The van der Waals surface area contributed by atoms with Crippen molar-refractivity contribution >= 4 is 5.97 Å². The molecule has 17 heavy (non-hydrogen) atoms. The summed E-state index contributed by atoms with van der Waals surface area (Å²) in [6.45, 7) is 7.92. The van der Waals surface area contributed by atoms with Gasteiger partial charge in [0, 0.05) is 6.42 Å². The minimum absolute atomic E-state index is 0.134. The topological polar surface area (TPSA) is 66.8 Å². The molecule has 0 saturated carbocycles. The summed E-state index contributed by atoms with van der Waals surface area (Å²) >= 11 is 0. The molecule has 0 aromatic rings. The Bertz CT molecular complexity index is 223. The molecular formula is C13H24O4. The number of aliphatic hydroxyl groups is 1. The molecule has 1 heterocycles. The first-order chi connectivity index (χ1) is 8.00. The van der Waals surface area contributed by atoms with Crippen LogP contribution in [0.2, 0.25) is 0 Å². The number of aliphatic carboxylic acids is 1. The summed E-state index contributed by atoms with van der Waals surface area (Å²) in [4.78, 5) is 10.6. The van der Waals surface area contributed by atoms with Crippen molar-refractivity contribution in [2.24, 2.45) is 5.92 Å². The fraction of sp³-hybridized carbons (Fsp3) is 0.769. The Kier molecular flexibility index (Phi) is 10.9. The lowest BCUT2D eigenvalue weighted by Gasteiger charge is -2.33. The van der Waals surface area contributed by atoms with Crippen molar-refractivity contribution in [3.05, 3.63) is 0 Å². The van der Waals surface area contributed by atoms with Crippen molar-refractivity contribution in [2.45, 2.75) is 58.8 Å². The summed E-state index contributed by atoms with van der Waals surface area (Å²) < 4.78 is 5.32. The number of terminal acetylenes is 1. The Hall–Kier alpha value is -1.05. The molecule has 4 heteroatoms. The van der Waals surface area contributed by atoms with E-state index in [1.807, 2.05) is 27.7 Å². The van der Waals surface area contributed by atoms with Crippen LogP contribution in [0.25, 0.3) is 0 Å². The lowest BCUT2D eigenvalue weighted by Crippen LogP contribution is -2.42. The molecule has 1 rings (SSSR count). The predicted molar refractivity (Wildman–Crippen MR) is 67.6 cm³/mol. The van der Waals surface area contributed by atoms with E-state index in [9.17, 15) is 9.90 Å². The van der Waals surface area contributed by atoms with Crippen molar-refractivity contribution in [3.63, 3.8) is 0 Å². The van der Waals surface area contributed by atoms with E-state index in [1.54, 1.807) is 0 Å². The van der Waals surface area contributed by atoms with Crippen LogP contribution in [0, 0.1) is 18.8 Å². The third kappa shape index (κ3) is 6.98. The minimum Gasteiger partial charge on any atom is -0.479 e. The van der Waals surface area contributed by atoms with Crippen molar-refractivity contribution < 1.29 is 19.7 Å². The van der Waals surface area contributed by atoms with Gasteiger partial charge in [0.05, 0.1) is 12.2 Å². The van der Waals surface area contributed by atoms with Gasteiger partial charge in [0.25, 0.3) is 0 Å². The average molecular weight is 244 g/mol. The highest BCUT2D eigenvalue weighted by Crippen LogP contribution is 2.24. The zero-order valence-corrected chi connectivity index (χ0v) is 11.1. The van der Waals surface area contributed by atoms with Gasteiger partial charge in [-0.25, -0.2) is 4.79 Å². The van der Waals surface area contributed by atoms with Gasteiger partial charge in [-0.05, 0) is 12.3 Å². The minimum atomic E-state index is -0.982. The van der Waals surface area contributed by atoms with Gasteiger partial charge in [0.2, 0.25) is 0 Å². The quantitative estimate of drug-likeness (QED) is 0.728. The van der Waals surface area contributed by atoms with Crippen LogP contribution >= 0.6 is 0 Å². The lowest BCUT2D eigenvalue weighted by molar-refractivity contribution is -0.169. The average Bonchev–Trinajstić information content (AvgIpc) is 2.33. The summed E-state index contributed by atoms with van der Waals surface area (Å²) in [5.74, 6) is -0.735. The zero-order valence-electron chi connectivity index (χ0n) is 11.1. The Morgan fingerprint density at radius 3 is 2.12 bits per heavy atom. The van der Waals surface area contributed by atoms with Gasteiger partial charge in [0.1, 0.15) is 0 Å². The number of carboxylic acid groups (broad SMARTS) is 1. The molecule has 0 spiro atoms. The summed E-state index contributed by atoms with van der Waals surface area (Å²) in [5, 5.41) is 18.1. The van der Waals surface area contributed by atoms with Gasteiger partial charge in [-0.1, -0.05) is 27.7 Å². The first-order valence-corrected chi connectivity index (χ1v) is 5.90. The van der Waals surface area contributed by atoms with E-state index < -0.39 is 18.2 Å². The molecule has 1 fully saturated rings. The molecule has 3 atom stereocenters. The van der Waals surface area contributed by atoms with E-state index in [0.29, 0.717) is 6.42 Å². The summed E-state index contributed by atoms with van der Waals surface area (Å²) in [6.07, 6.45) is 7.24. The Balaban J connectivity index is 0. The molecule has 0 amide bonds. The van der Waals surface area contributed by atoms with Crippen molar-refractivity contribution in [2.75, 3.05) is 0 Å². The molecule has 0 bridgehead atoms. The summed E-state index contributed by atoms with van der Waals surface area (Å²) in [5.41, 5.74) is 0. The molecule has 2 unspecified atom stereocenters. The molecule has 0 aromatic carbocycles. The zero-order chi connectivity index (χ0) is 14.0. The highest BCUT2D eigenvalue weighted by Gasteiger charge is 2.33. The first kappa shape index (κ1) is 18.3. The molecule has 1 saturated heterocycles. The number of rotatable bonds is 2. The van der Waals surface area contributed by atoms with E-state index in [-0.39, 0.29) is 18.4 Å². The smallest absolute Gasteiger partial charge is 0.332 e. The maximum atomic E-state index is 10.6. The molecular weight excluding hydrogens is 220 g/mol. The number of aliphatic hydroxyl groups excluding tert-OH is 1.